The highest BCUT2D eigenvalue weighted by Crippen LogP contribution is 2.78. The molecule has 0 aromatic rings. The molecule has 0 heterocycles. The second kappa shape index (κ2) is 11.8. The van der Waals surface area contributed by atoms with Crippen molar-refractivity contribution >= 4 is 18.2 Å². The van der Waals surface area contributed by atoms with Gasteiger partial charge in [-0.25, -0.2) is 0 Å². The summed E-state index contributed by atoms with van der Waals surface area (Å²) in [6.07, 6.45) is 15.3. The fourth-order valence-electron chi connectivity index (χ4n) is 13.4. The van der Waals surface area contributed by atoms with E-state index in [0.29, 0.717) is 41.4 Å². The largest absolute Gasteiger partial charge is 0.469 e. The van der Waals surface area contributed by atoms with Crippen LogP contribution in [0, 0.1) is 62.1 Å². The van der Waals surface area contributed by atoms with E-state index in [9.17, 15) is 14.4 Å². The molecule has 0 aromatic heterocycles. The van der Waals surface area contributed by atoms with Gasteiger partial charge in [-0.3, -0.25) is 9.59 Å². The van der Waals surface area contributed by atoms with Crippen molar-refractivity contribution in [3.63, 3.8) is 0 Å². The first-order valence-electron chi connectivity index (χ1n) is 18.3. The zero-order valence-corrected chi connectivity index (χ0v) is 30.2. The molecular weight excluding hydrogens is 560 g/mol. The SMILES string of the molecule is C=C(C)C1CC[C@]2(CCC=O)CC[C@]3(C)C(CCC4[C@@]5(C)CC[C@H](OC(=O)CC(C)(C)CC(=O)OC)C(C)(C)C5CC[C@]43C)C12. The summed E-state index contributed by atoms with van der Waals surface area (Å²) in [5.74, 6) is 2.63. The highest BCUT2D eigenvalue weighted by molar-refractivity contribution is 5.74. The first kappa shape index (κ1) is 34.7. The normalized spacial score (nSPS) is 43.6. The van der Waals surface area contributed by atoms with E-state index in [1.165, 1.54) is 64.0 Å². The summed E-state index contributed by atoms with van der Waals surface area (Å²) >= 11 is 0. The van der Waals surface area contributed by atoms with E-state index in [1.54, 1.807) is 0 Å². The Morgan fingerprint density at radius 2 is 1.53 bits per heavy atom. The van der Waals surface area contributed by atoms with Crippen LogP contribution in [0.25, 0.3) is 0 Å². The van der Waals surface area contributed by atoms with Crippen molar-refractivity contribution in [3.05, 3.63) is 12.2 Å². The molecule has 5 heteroatoms. The number of allylic oxidation sites excluding steroid dienone is 1. The van der Waals surface area contributed by atoms with Crippen molar-refractivity contribution < 1.29 is 23.9 Å². The van der Waals surface area contributed by atoms with E-state index >= 15 is 0 Å². The first-order chi connectivity index (χ1) is 20.9. The molecule has 254 valence electrons. The lowest BCUT2D eigenvalue weighted by molar-refractivity contribution is -0.250. The second-order valence-corrected chi connectivity index (χ2v) is 18.7. The molecular formula is C40H64O5. The number of hydrogen-bond acceptors (Lipinski definition) is 5. The zero-order chi connectivity index (χ0) is 33.2. The van der Waals surface area contributed by atoms with Gasteiger partial charge < -0.3 is 14.3 Å². The number of esters is 2. The quantitative estimate of drug-likeness (QED) is 0.145. The van der Waals surface area contributed by atoms with Crippen LogP contribution in [-0.4, -0.2) is 31.4 Å². The van der Waals surface area contributed by atoms with E-state index in [-0.39, 0.29) is 52.5 Å². The fourth-order valence-corrected chi connectivity index (χ4v) is 13.4. The Kier molecular flexibility index (Phi) is 9.09. The molecule has 0 radical (unpaired) electrons. The van der Waals surface area contributed by atoms with Gasteiger partial charge in [0.05, 0.1) is 20.0 Å². The van der Waals surface area contributed by atoms with Gasteiger partial charge in [-0.2, -0.15) is 0 Å². The van der Waals surface area contributed by atoms with Gasteiger partial charge in [-0.05, 0) is 134 Å². The van der Waals surface area contributed by atoms with Gasteiger partial charge in [0.1, 0.15) is 12.4 Å². The van der Waals surface area contributed by atoms with Gasteiger partial charge in [-0.15, -0.1) is 0 Å². The van der Waals surface area contributed by atoms with Gasteiger partial charge >= 0.3 is 11.9 Å². The van der Waals surface area contributed by atoms with Crippen LogP contribution in [0.3, 0.4) is 0 Å². The van der Waals surface area contributed by atoms with Crippen molar-refractivity contribution in [1.29, 1.82) is 0 Å². The average molecular weight is 625 g/mol. The number of rotatable bonds is 9. The molecule has 5 fully saturated rings. The molecule has 0 bridgehead atoms. The number of carbonyl (C=O) groups is 3. The van der Waals surface area contributed by atoms with Crippen LogP contribution in [0.4, 0.5) is 0 Å². The summed E-state index contributed by atoms with van der Waals surface area (Å²) in [7, 11) is 1.39. The van der Waals surface area contributed by atoms with Crippen molar-refractivity contribution in [1.82, 2.24) is 0 Å². The van der Waals surface area contributed by atoms with Crippen LogP contribution in [0.1, 0.15) is 145 Å². The molecule has 5 nitrogen and oxygen atoms in total. The Morgan fingerprint density at radius 1 is 0.844 bits per heavy atom. The maximum Gasteiger partial charge on any atom is 0.306 e. The van der Waals surface area contributed by atoms with Crippen molar-refractivity contribution in [2.45, 2.75) is 151 Å². The number of fused-ring (bicyclic) bond motifs is 7. The molecule has 0 N–H and O–H groups in total. The minimum Gasteiger partial charge on any atom is -0.469 e. The summed E-state index contributed by atoms with van der Waals surface area (Å²) in [5, 5.41) is 0. The van der Waals surface area contributed by atoms with Crippen molar-refractivity contribution in [2.24, 2.45) is 62.1 Å². The van der Waals surface area contributed by atoms with Crippen LogP contribution in [0.2, 0.25) is 0 Å². The van der Waals surface area contributed by atoms with Crippen LogP contribution >= 0.6 is 0 Å². The van der Waals surface area contributed by atoms with Crippen LogP contribution in [-0.2, 0) is 23.9 Å². The molecule has 5 aliphatic rings. The number of ether oxygens (including phenoxy) is 2. The third-order valence-electron chi connectivity index (χ3n) is 15.7. The van der Waals surface area contributed by atoms with Crippen LogP contribution in [0.5, 0.6) is 0 Å². The van der Waals surface area contributed by atoms with E-state index in [0.717, 1.165) is 25.5 Å². The molecule has 0 saturated heterocycles. The molecule has 5 unspecified atom stereocenters. The second-order valence-electron chi connectivity index (χ2n) is 18.7. The first-order valence-corrected chi connectivity index (χ1v) is 18.3. The lowest BCUT2D eigenvalue weighted by Crippen LogP contribution is -2.66. The standard InChI is InChI=1S/C40H64O5/c1-26(2)27-14-20-40(17-11-23-41)22-21-38(8)28(34(27)40)12-13-30-37(7)18-16-31(36(5,6)29(37)15-19-39(30,38)9)45-33(43)25-35(3,4)24-32(42)44-10/h23,27-31,34H,1,11-22,24-25H2,2-10H3/t27?,28?,29?,30?,31-,34?,37-,38+,39+,40+/m0/s1. The molecule has 5 rings (SSSR count). The topological polar surface area (TPSA) is 69.7 Å². The summed E-state index contributed by atoms with van der Waals surface area (Å²) in [4.78, 5) is 36.8. The summed E-state index contributed by atoms with van der Waals surface area (Å²) in [5.41, 5.74) is 1.85. The van der Waals surface area contributed by atoms with Gasteiger partial charge in [0.25, 0.3) is 0 Å². The van der Waals surface area contributed by atoms with Crippen LogP contribution < -0.4 is 0 Å². The zero-order valence-electron chi connectivity index (χ0n) is 30.2. The van der Waals surface area contributed by atoms with Crippen molar-refractivity contribution in [3.8, 4) is 0 Å². The Hall–Kier alpha value is -1.65. The average Bonchev–Trinajstić information content (AvgIpc) is 3.33. The summed E-state index contributed by atoms with van der Waals surface area (Å²) in [6.45, 7) is 23.3. The fraction of sp³-hybridized carbons (Fsp3) is 0.875. The van der Waals surface area contributed by atoms with Gasteiger partial charge in [0, 0.05) is 11.8 Å². The Morgan fingerprint density at radius 3 is 2.18 bits per heavy atom. The Balaban J connectivity index is 1.37. The number of hydrogen-bond donors (Lipinski definition) is 0. The summed E-state index contributed by atoms with van der Waals surface area (Å²) in [6, 6.07) is 0. The van der Waals surface area contributed by atoms with E-state index < -0.39 is 5.41 Å². The molecule has 0 amide bonds. The lowest BCUT2D eigenvalue weighted by Gasteiger charge is -2.73. The van der Waals surface area contributed by atoms with E-state index in [2.05, 4.69) is 48.1 Å². The monoisotopic (exact) mass is 624 g/mol. The molecule has 10 atom stereocenters. The maximum absolute atomic E-state index is 13.3. The molecule has 0 aliphatic heterocycles. The molecule has 0 aromatic carbocycles. The lowest BCUT2D eigenvalue weighted by atomic mass is 9.32. The van der Waals surface area contributed by atoms with Gasteiger partial charge in [-0.1, -0.05) is 60.6 Å². The highest BCUT2D eigenvalue weighted by atomic mass is 16.5. The number of methoxy groups -OCH3 is 1. The van der Waals surface area contributed by atoms with Gasteiger partial charge in [0.15, 0.2) is 0 Å². The minimum absolute atomic E-state index is 0.101. The predicted molar refractivity (Wildman–Crippen MR) is 179 cm³/mol. The Bertz CT molecular complexity index is 1190. The van der Waals surface area contributed by atoms with Gasteiger partial charge in [0.2, 0.25) is 0 Å². The molecule has 45 heavy (non-hydrogen) atoms. The number of aldehydes is 1. The smallest absolute Gasteiger partial charge is 0.306 e. The third kappa shape index (κ3) is 5.46. The molecule has 0 spiro atoms. The van der Waals surface area contributed by atoms with E-state index in [1.807, 2.05) is 13.8 Å². The summed E-state index contributed by atoms with van der Waals surface area (Å²) < 4.78 is 11.2. The maximum atomic E-state index is 13.3. The highest BCUT2D eigenvalue weighted by Gasteiger charge is 2.71. The van der Waals surface area contributed by atoms with Crippen LogP contribution in [0.15, 0.2) is 12.2 Å². The predicted octanol–water partition coefficient (Wildman–Crippen LogP) is 9.51. The van der Waals surface area contributed by atoms with E-state index in [4.69, 9.17) is 9.47 Å². The minimum atomic E-state index is -0.495. The third-order valence-corrected chi connectivity index (χ3v) is 15.7. The number of carbonyl (C=O) groups excluding carboxylic acids is 3. The molecule has 5 saturated carbocycles. The Labute approximate surface area is 274 Å². The molecule has 5 aliphatic carbocycles. The van der Waals surface area contributed by atoms with Crippen molar-refractivity contribution in [2.75, 3.05) is 7.11 Å².